The fraction of sp³-hybridized carbons (Fsp3) is 0.227. The van der Waals surface area contributed by atoms with E-state index < -0.39 is 0 Å². The second kappa shape index (κ2) is 7.94. The van der Waals surface area contributed by atoms with Gasteiger partial charge in [0.05, 0.1) is 22.8 Å². The molecule has 142 valence electrons. The first kappa shape index (κ1) is 18.4. The zero-order valence-electron chi connectivity index (χ0n) is 16.0. The Morgan fingerprint density at radius 3 is 2.71 bits per heavy atom. The van der Waals surface area contributed by atoms with Gasteiger partial charge in [0.15, 0.2) is 0 Å². The highest BCUT2D eigenvalue weighted by atomic mass is 32.1. The lowest BCUT2D eigenvalue weighted by Crippen LogP contribution is -2.27. The summed E-state index contributed by atoms with van der Waals surface area (Å²) in [6, 6.07) is 14.2. The molecule has 28 heavy (non-hydrogen) atoms. The number of pyridine rings is 1. The fourth-order valence-electron chi connectivity index (χ4n) is 3.17. The van der Waals surface area contributed by atoms with Crippen molar-refractivity contribution in [2.24, 2.45) is 0 Å². The van der Waals surface area contributed by atoms with E-state index >= 15 is 0 Å². The number of nitrogens with zero attached hydrogens (tertiary/aromatic N) is 3. The number of thiazole rings is 1. The maximum Gasteiger partial charge on any atom is 0.225 e. The van der Waals surface area contributed by atoms with Crippen LogP contribution in [-0.2, 0) is 17.6 Å². The van der Waals surface area contributed by atoms with Gasteiger partial charge in [0.1, 0.15) is 5.65 Å². The molecule has 0 bridgehead atoms. The first-order valence-electron chi connectivity index (χ1n) is 9.31. The van der Waals surface area contributed by atoms with E-state index in [1.54, 1.807) is 11.3 Å². The van der Waals surface area contributed by atoms with Gasteiger partial charge in [-0.05, 0) is 26.0 Å². The minimum atomic E-state index is 0.0146. The van der Waals surface area contributed by atoms with E-state index in [9.17, 15) is 4.79 Å². The van der Waals surface area contributed by atoms with Gasteiger partial charge >= 0.3 is 0 Å². The van der Waals surface area contributed by atoms with Crippen LogP contribution in [0, 0.1) is 13.8 Å². The fourth-order valence-corrected chi connectivity index (χ4v) is 4.13. The quantitative estimate of drug-likeness (QED) is 0.542. The Kier molecular flexibility index (Phi) is 5.21. The van der Waals surface area contributed by atoms with Crippen molar-refractivity contribution in [1.29, 1.82) is 0 Å². The molecule has 0 saturated carbocycles. The Balaban J connectivity index is 1.38. The van der Waals surface area contributed by atoms with Gasteiger partial charge in [0.2, 0.25) is 5.91 Å². The predicted molar refractivity (Wildman–Crippen MR) is 113 cm³/mol. The van der Waals surface area contributed by atoms with E-state index in [0.717, 1.165) is 32.5 Å². The van der Waals surface area contributed by atoms with Crippen molar-refractivity contribution in [3.8, 4) is 11.3 Å². The van der Waals surface area contributed by atoms with E-state index in [1.807, 2.05) is 41.9 Å². The van der Waals surface area contributed by atoms with Crippen LogP contribution < -0.4 is 5.32 Å². The van der Waals surface area contributed by atoms with Crippen LogP contribution >= 0.6 is 11.3 Å². The van der Waals surface area contributed by atoms with Gasteiger partial charge in [0, 0.05) is 35.8 Å². The molecule has 1 amide bonds. The monoisotopic (exact) mass is 390 g/mol. The SMILES string of the molecule is Cc1ccc(-c2nc(C)sc2CC(=O)NCCc2cn3ccccc3n2)cc1. The molecule has 0 aliphatic heterocycles. The summed E-state index contributed by atoms with van der Waals surface area (Å²) in [7, 11) is 0. The topological polar surface area (TPSA) is 59.3 Å². The molecule has 1 aromatic carbocycles. The van der Waals surface area contributed by atoms with Crippen LogP contribution in [0.4, 0.5) is 0 Å². The number of nitrogens with one attached hydrogen (secondary N) is 1. The van der Waals surface area contributed by atoms with Crippen molar-refractivity contribution in [2.75, 3.05) is 6.54 Å². The molecule has 1 N–H and O–H groups in total. The maximum atomic E-state index is 12.5. The molecule has 3 heterocycles. The van der Waals surface area contributed by atoms with Crippen LogP contribution in [0.5, 0.6) is 0 Å². The summed E-state index contributed by atoms with van der Waals surface area (Å²) >= 11 is 1.59. The minimum absolute atomic E-state index is 0.0146. The van der Waals surface area contributed by atoms with Crippen molar-refractivity contribution in [3.05, 3.63) is 76.0 Å². The normalized spacial score (nSPS) is 11.1. The molecule has 4 rings (SSSR count). The van der Waals surface area contributed by atoms with E-state index in [2.05, 4.69) is 46.5 Å². The summed E-state index contributed by atoms with van der Waals surface area (Å²) in [6.07, 6.45) is 5.03. The average molecular weight is 391 g/mol. The molecule has 0 fully saturated rings. The van der Waals surface area contributed by atoms with Gasteiger partial charge in [-0.15, -0.1) is 11.3 Å². The summed E-state index contributed by atoms with van der Waals surface area (Å²) in [5.41, 5.74) is 5.08. The summed E-state index contributed by atoms with van der Waals surface area (Å²) in [6.45, 7) is 4.61. The summed E-state index contributed by atoms with van der Waals surface area (Å²) < 4.78 is 1.99. The molecule has 5 nitrogen and oxygen atoms in total. The molecule has 0 aliphatic rings. The highest BCUT2D eigenvalue weighted by Gasteiger charge is 2.14. The van der Waals surface area contributed by atoms with Crippen LogP contribution in [0.3, 0.4) is 0 Å². The summed E-state index contributed by atoms with van der Waals surface area (Å²) in [4.78, 5) is 22.7. The number of carbonyl (C=O) groups excluding carboxylic acids is 1. The van der Waals surface area contributed by atoms with Crippen LogP contribution in [0.25, 0.3) is 16.9 Å². The lowest BCUT2D eigenvalue weighted by atomic mass is 10.1. The molecule has 3 aromatic heterocycles. The Labute approximate surface area is 168 Å². The van der Waals surface area contributed by atoms with Crippen molar-refractivity contribution >= 4 is 22.9 Å². The summed E-state index contributed by atoms with van der Waals surface area (Å²) in [5.74, 6) is 0.0146. The molecule has 4 aromatic rings. The van der Waals surface area contributed by atoms with Gasteiger partial charge in [-0.3, -0.25) is 4.79 Å². The molecule has 0 radical (unpaired) electrons. The molecule has 0 unspecified atom stereocenters. The molecule has 0 atom stereocenters. The second-order valence-electron chi connectivity index (χ2n) is 6.85. The Bertz CT molecular complexity index is 1080. The van der Waals surface area contributed by atoms with Crippen molar-refractivity contribution < 1.29 is 4.79 Å². The third-order valence-electron chi connectivity index (χ3n) is 4.57. The van der Waals surface area contributed by atoms with Crippen LogP contribution in [0.1, 0.15) is 21.1 Å². The molecule has 0 spiro atoms. The third-order valence-corrected chi connectivity index (χ3v) is 5.54. The van der Waals surface area contributed by atoms with Gasteiger partial charge < -0.3 is 9.72 Å². The number of rotatable bonds is 6. The molecular formula is C22H22N4OS. The average Bonchev–Trinajstić information content (AvgIpc) is 3.25. The highest BCUT2D eigenvalue weighted by Crippen LogP contribution is 2.28. The number of hydrogen-bond donors (Lipinski definition) is 1. The molecule has 6 heteroatoms. The van der Waals surface area contributed by atoms with E-state index in [1.165, 1.54) is 5.56 Å². The van der Waals surface area contributed by atoms with Crippen molar-refractivity contribution in [2.45, 2.75) is 26.7 Å². The number of imidazole rings is 1. The zero-order valence-corrected chi connectivity index (χ0v) is 16.8. The number of amides is 1. The van der Waals surface area contributed by atoms with Gasteiger partial charge in [0.25, 0.3) is 0 Å². The third kappa shape index (κ3) is 4.12. The van der Waals surface area contributed by atoms with Crippen LogP contribution in [0.2, 0.25) is 0 Å². The first-order chi connectivity index (χ1) is 13.6. The van der Waals surface area contributed by atoms with Gasteiger partial charge in [-0.25, -0.2) is 9.97 Å². The molecular weight excluding hydrogens is 368 g/mol. The smallest absolute Gasteiger partial charge is 0.225 e. The number of benzene rings is 1. The molecule has 0 saturated heterocycles. The van der Waals surface area contributed by atoms with Gasteiger partial charge in [-0.2, -0.15) is 0 Å². The first-order valence-corrected chi connectivity index (χ1v) is 10.1. The van der Waals surface area contributed by atoms with Crippen LogP contribution in [0.15, 0.2) is 54.9 Å². The Hall–Kier alpha value is -2.99. The van der Waals surface area contributed by atoms with Crippen molar-refractivity contribution in [3.63, 3.8) is 0 Å². The lowest BCUT2D eigenvalue weighted by molar-refractivity contribution is -0.120. The number of carbonyl (C=O) groups is 1. The summed E-state index contributed by atoms with van der Waals surface area (Å²) in [5, 5.41) is 3.99. The number of aryl methyl sites for hydroxylation is 2. The zero-order chi connectivity index (χ0) is 19.5. The second-order valence-corrected chi connectivity index (χ2v) is 8.13. The number of fused-ring (bicyclic) bond motifs is 1. The number of aromatic nitrogens is 3. The van der Waals surface area contributed by atoms with Crippen molar-refractivity contribution in [1.82, 2.24) is 19.7 Å². The van der Waals surface area contributed by atoms with Gasteiger partial charge in [-0.1, -0.05) is 35.9 Å². The predicted octanol–water partition coefficient (Wildman–Crippen LogP) is 3.98. The standard InChI is InChI=1S/C22H22N4OS/c1-15-6-8-17(9-7-15)22-19(28-16(2)24-22)13-21(27)23-11-10-18-14-26-12-4-3-5-20(26)25-18/h3-9,12,14H,10-11,13H2,1-2H3,(H,23,27). The highest BCUT2D eigenvalue weighted by molar-refractivity contribution is 7.12. The Morgan fingerprint density at radius 1 is 1.11 bits per heavy atom. The molecule has 0 aliphatic carbocycles. The van der Waals surface area contributed by atoms with E-state index in [4.69, 9.17) is 0 Å². The maximum absolute atomic E-state index is 12.5. The minimum Gasteiger partial charge on any atom is -0.355 e. The lowest BCUT2D eigenvalue weighted by Gasteiger charge is -2.05. The largest absolute Gasteiger partial charge is 0.355 e. The number of hydrogen-bond acceptors (Lipinski definition) is 4. The van der Waals surface area contributed by atoms with E-state index in [0.29, 0.717) is 19.4 Å². The van der Waals surface area contributed by atoms with Crippen LogP contribution in [-0.4, -0.2) is 26.8 Å². The Morgan fingerprint density at radius 2 is 1.93 bits per heavy atom. The van der Waals surface area contributed by atoms with E-state index in [-0.39, 0.29) is 5.91 Å².